The van der Waals surface area contributed by atoms with Gasteiger partial charge in [0.15, 0.2) is 11.6 Å². The first-order chi connectivity index (χ1) is 13.3. The highest BCUT2D eigenvalue weighted by molar-refractivity contribution is 6.08. The Morgan fingerprint density at radius 2 is 1.25 bits per heavy atom. The van der Waals surface area contributed by atoms with Crippen LogP contribution in [0.2, 0.25) is 0 Å². The summed E-state index contributed by atoms with van der Waals surface area (Å²) in [4.78, 5) is 24.9. The fraction of sp³-hybridized carbons (Fsp3) is 0.0909. The summed E-state index contributed by atoms with van der Waals surface area (Å²) in [6.07, 6.45) is 0. The van der Waals surface area contributed by atoms with Gasteiger partial charge in [0.25, 0.3) is 11.8 Å². The zero-order valence-electron chi connectivity index (χ0n) is 15.3. The first-order valence-corrected chi connectivity index (χ1v) is 8.58. The molecule has 0 saturated carbocycles. The number of hydrogen-bond donors (Lipinski definition) is 2. The molecule has 0 atom stereocenters. The fourth-order valence-corrected chi connectivity index (χ4v) is 2.83. The van der Waals surface area contributed by atoms with Gasteiger partial charge < -0.3 is 10.6 Å². The molecule has 0 aromatic heterocycles. The maximum Gasteiger partial charge on any atom is 0.255 e. The lowest BCUT2D eigenvalue weighted by molar-refractivity contribution is 0.102. The number of carbonyl (C=O) groups is 2. The first kappa shape index (κ1) is 19.2. The van der Waals surface area contributed by atoms with Crippen molar-refractivity contribution in [3.63, 3.8) is 0 Å². The number of aryl methyl sites for hydroxylation is 2. The molecule has 3 aromatic carbocycles. The monoisotopic (exact) mass is 380 g/mol. The predicted molar refractivity (Wildman–Crippen MR) is 105 cm³/mol. The highest BCUT2D eigenvalue weighted by Crippen LogP contribution is 2.17. The molecule has 0 spiro atoms. The molecular weight excluding hydrogens is 362 g/mol. The van der Waals surface area contributed by atoms with E-state index in [9.17, 15) is 18.4 Å². The molecule has 0 aliphatic rings. The molecule has 4 nitrogen and oxygen atoms in total. The number of anilines is 2. The van der Waals surface area contributed by atoms with E-state index in [-0.39, 0.29) is 17.2 Å². The second kappa shape index (κ2) is 8.00. The van der Waals surface area contributed by atoms with Gasteiger partial charge in [-0.25, -0.2) is 8.78 Å². The van der Waals surface area contributed by atoms with Crippen molar-refractivity contribution in [1.82, 2.24) is 0 Å². The molecule has 0 radical (unpaired) electrons. The summed E-state index contributed by atoms with van der Waals surface area (Å²) in [5, 5.41) is 5.29. The van der Waals surface area contributed by atoms with Gasteiger partial charge >= 0.3 is 0 Å². The van der Waals surface area contributed by atoms with E-state index in [1.807, 2.05) is 32.0 Å². The summed E-state index contributed by atoms with van der Waals surface area (Å²) < 4.78 is 26.3. The molecule has 0 aliphatic carbocycles. The van der Waals surface area contributed by atoms with Gasteiger partial charge in [0, 0.05) is 28.6 Å². The van der Waals surface area contributed by atoms with Gasteiger partial charge in [-0.15, -0.1) is 0 Å². The Kier molecular flexibility index (Phi) is 5.49. The van der Waals surface area contributed by atoms with E-state index in [0.29, 0.717) is 11.3 Å². The maximum absolute atomic E-state index is 13.3. The average Bonchev–Trinajstić information content (AvgIpc) is 2.64. The van der Waals surface area contributed by atoms with Crippen LogP contribution in [0.5, 0.6) is 0 Å². The van der Waals surface area contributed by atoms with Gasteiger partial charge in [0.05, 0.1) is 0 Å². The number of halogens is 2. The highest BCUT2D eigenvalue weighted by atomic mass is 19.2. The molecule has 0 bridgehead atoms. The van der Waals surface area contributed by atoms with E-state index in [2.05, 4.69) is 10.6 Å². The maximum atomic E-state index is 13.3. The zero-order valence-corrected chi connectivity index (χ0v) is 15.3. The third kappa shape index (κ3) is 4.59. The minimum absolute atomic E-state index is 0.119. The summed E-state index contributed by atoms with van der Waals surface area (Å²) in [5.74, 6) is -2.94. The van der Waals surface area contributed by atoms with E-state index in [1.54, 1.807) is 12.1 Å². The summed E-state index contributed by atoms with van der Waals surface area (Å²) in [5.41, 5.74) is 3.35. The van der Waals surface area contributed by atoms with Crippen molar-refractivity contribution >= 4 is 23.2 Å². The van der Waals surface area contributed by atoms with Gasteiger partial charge in [0.1, 0.15) is 0 Å². The van der Waals surface area contributed by atoms with Crippen LogP contribution in [0.1, 0.15) is 31.8 Å². The van der Waals surface area contributed by atoms with Crippen LogP contribution in [0.3, 0.4) is 0 Å². The second-order valence-corrected chi connectivity index (χ2v) is 6.49. The van der Waals surface area contributed by atoms with Crippen LogP contribution in [-0.4, -0.2) is 11.8 Å². The van der Waals surface area contributed by atoms with Gasteiger partial charge in [-0.1, -0.05) is 12.1 Å². The number of rotatable bonds is 4. The molecule has 0 heterocycles. The van der Waals surface area contributed by atoms with Crippen molar-refractivity contribution in [3.05, 3.63) is 94.6 Å². The number of amides is 2. The van der Waals surface area contributed by atoms with E-state index >= 15 is 0 Å². The first-order valence-electron chi connectivity index (χ1n) is 8.58. The summed E-state index contributed by atoms with van der Waals surface area (Å²) >= 11 is 0. The van der Waals surface area contributed by atoms with Crippen LogP contribution < -0.4 is 10.6 Å². The van der Waals surface area contributed by atoms with Crippen LogP contribution >= 0.6 is 0 Å². The highest BCUT2D eigenvalue weighted by Gasteiger charge is 2.12. The molecule has 2 N–H and O–H groups in total. The quantitative estimate of drug-likeness (QED) is 0.663. The standard InChI is InChI=1S/C22H18F2N2O2/c1-13-8-14(2)10-18(9-13)26-22(28)16-5-3-4-15(11-16)21(27)25-17-6-7-19(23)20(24)12-17/h3-12H,1-2H3,(H,25,27)(H,26,28). The number of nitrogens with one attached hydrogen (secondary N) is 2. The van der Waals surface area contributed by atoms with E-state index in [0.717, 1.165) is 23.3 Å². The molecular formula is C22H18F2N2O2. The Labute approximate surface area is 161 Å². The van der Waals surface area contributed by atoms with Crippen LogP contribution in [0.15, 0.2) is 60.7 Å². The smallest absolute Gasteiger partial charge is 0.255 e. The van der Waals surface area contributed by atoms with Crippen molar-refractivity contribution in [1.29, 1.82) is 0 Å². The molecule has 28 heavy (non-hydrogen) atoms. The Hall–Kier alpha value is -3.54. The fourth-order valence-electron chi connectivity index (χ4n) is 2.83. The third-order valence-corrected chi connectivity index (χ3v) is 4.04. The summed E-state index contributed by atoms with van der Waals surface area (Å²) in [6.45, 7) is 3.87. The van der Waals surface area contributed by atoms with E-state index in [4.69, 9.17) is 0 Å². The average molecular weight is 380 g/mol. The summed E-state index contributed by atoms with van der Waals surface area (Å²) in [6, 6.07) is 14.9. The van der Waals surface area contributed by atoms with Crippen LogP contribution in [0, 0.1) is 25.5 Å². The number of carbonyl (C=O) groups excluding carboxylic acids is 2. The molecule has 142 valence electrons. The SMILES string of the molecule is Cc1cc(C)cc(NC(=O)c2cccc(C(=O)Nc3ccc(F)c(F)c3)c2)c1. The van der Waals surface area contributed by atoms with Crippen molar-refractivity contribution in [2.24, 2.45) is 0 Å². The molecule has 0 fully saturated rings. The Morgan fingerprint density at radius 3 is 1.82 bits per heavy atom. The largest absolute Gasteiger partial charge is 0.322 e. The molecule has 6 heteroatoms. The normalized spacial score (nSPS) is 10.4. The number of hydrogen-bond acceptors (Lipinski definition) is 2. The van der Waals surface area contributed by atoms with Crippen molar-refractivity contribution in [2.75, 3.05) is 10.6 Å². The lowest BCUT2D eigenvalue weighted by atomic mass is 10.1. The van der Waals surface area contributed by atoms with Crippen molar-refractivity contribution in [2.45, 2.75) is 13.8 Å². The Morgan fingerprint density at radius 1 is 0.679 bits per heavy atom. The van der Waals surface area contributed by atoms with Gasteiger partial charge in [0.2, 0.25) is 0 Å². The molecule has 3 aromatic rings. The Balaban J connectivity index is 1.76. The van der Waals surface area contributed by atoms with E-state index in [1.165, 1.54) is 18.2 Å². The topological polar surface area (TPSA) is 58.2 Å². The number of benzene rings is 3. The predicted octanol–water partition coefficient (Wildman–Crippen LogP) is 5.09. The van der Waals surface area contributed by atoms with Crippen LogP contribution in [-0.2, 0) is 0 Å². The molecule has 0 aliphatic heterocycles. The van der Waals surface area contributed by atoms with Crippen LogP contribution in [0.4, 0.5) is 20.2 Å². The molecule has 0 saturated heterocycles. The molecule has 3 rings (SSSR count). The van der Waals surface area contributed by atoms with Crippen molar-refractivity contribution in [3.8, 4) is 0 Å². The molecule has 0 unspecified atom stereocenters. The van der Waals surface area contributed by atoms with Gasteiger partial charge in [-0.3, -0.25) is 9.59 Å². The second-order valence-electron chi connectivity index (χ2n) is 6.49. The third-order valence-electron chi connectivity index (χ3n) is 4.04. The minimum atomic E-state index is -1.06. The van der Waals surface area contributed by atoms with Crippen LogP contribution in [0.25, 0.3) is 0 Å². The summed E-state index contributed by atoms with van der Waals surface area (Å²) in [7, 11) is 0. The van der Waals surface area contributed by atoms with Gasteiger partial charge in [-0.05, 0) is 67.4 Å². The Bertz CT molecular complexity index is 1040. The van der Waals surface area contributed by atoms with Gasteiger partial charge in [-0.2, -0.15) is 0 Å². The van der Waals surface area contributed by atoms with E-state index < -0.39 is 17.5 Å². The lowest BCUT2D eigenvalue weighted by Gasteiger charge is -2.09. The lowest BCUT2D eigenvalue weighted by Crippen LogP contribution is -2.15. The minimum Gasteiger partial charge on any atom is -0.322 e. The van der Waals surface area contributed by atoms with Crippen molar-refractivity contribution < 1.29 is 18.4 Å². The zero-order chi connectivity index (χ0) is 20.3. The molecule has 2 amide bonds.